The lowest BCUT2D eigenvalue weighted by atomic mass is 10.1. The molecule has 1 aliphatic heterocycles. The summed E-state index contributed by atoms with van der Waals surface area (Å²) in [4.78, 5) is 16.0. The Balaban J connectivity index is 2.21. The van der Waals surface area contributed by atoms with E-state index in [0.29, 0.717) is 5.04 Å². The summed E-state index contributed by atoms with van der Waals surface area (Å²) < 4.78 is 0. The van der Waals surface area contributed by atoms with Crippen LogP contribution in [-0.2, 0) is 4.79 Å². The van der Waals surface area contributed by atoms with E-state index < -0.39 is 0 Å². The van der Waals surface area contributed by atoms with E-state index in [1.165, 1.54) is 37.7 Å². The Morgan fingerprint density at radius 1 is 1.35 bits per heavy atom. The maximum Gasteiger partial charge on any atom is 0.210 e. The van der Waals surface area contributed by atoms with Gasteiger partial charge in [0.1, 0.15) is 5.04 Å². The maximum atomic E-state index is 11.8. The summed E-state index contributed by atoms with van der Waals surface area (Å²) in [6.45, 7) is 5.08. The highest BCUT2D eigenvalue weighted by atomic mass is 32.2. The van der Waals surface area contributed by atoms with Gasteiger partial charge in [0.05, 0.1) is 0 Å². The van der Waals surface area contributed by atoms with Gasteiger partial charge in [-0.25, -0.2) is 0 Å². The van der Waals surface area contributed by atoms with E-state index in [9.17, 15) is 4.79 Å². The maximum absolute atomic E-state index is 11.8. The van der Waals surface area contributed by atoms with E-state index in [4.69, 9.17) is 0 Å². The fraction of sp³-hybridized carbons (Fsp3) is 0.714. The van der Waals surface area contributed by atoms with Crippen molar-refractivity contribution >= 4 is 22.6 Å². The van der Waals surface area contributed by atoms with Gasteiger partial charge in [-0.2, -0.15) is 0 Å². The molecule has 0 aromatic heterocycles. The zero-order valence-corrected chi connectivity index (χ0v) is 11.8. The van der Waals surface area contributed by atoms with Crippen LogP contribution in [0.2, 0.25) is 0 Å². The molecule has 17 heavy (non-hydrogen) atoms. The third kappa shape index (κ3) is 6.06. The second-order valence-corrected chi connectivity index (χ2v) is 5.64. The summed E-state index contributed by atoms with van der Waals surface area (Å²) in [6.07, 6.45) is 9.24. The van der Waals surface area contributed by atoms with E-state index in [1.807, 2.05) is 0 Å². The van der Waals surface area contributed by atoms with Gasteiger partial charge in [-0.3, -0.25) is 9.79 Å². The second kappa shape index (κ2) is 8.51. The standard InChI is InChI=1S/C14H23NOS/c1-3-4-5-6-7-8-12(2)11-13(16)14-15-9-10-17-14/h11H,3-10H2,1-2H3/b12-11+. The molecule has 0 spiro atoms. The normalized spacial score (nSPS) is 16.1. The highest BCUT2D eigenvalue weighted by Crippen LogP contribution is 2.15. The van der Waals surface area contributed by atoms with Crippen LogP contribution < -0.4 is 0 Å². The Labute approximate surface area is 109 Å². The van der Waals surface area contributed by atoms with Crippen molar-refractivity contribution in [3.63, 3.8) is 0 Å². The minimum Gasteiger partial charge on any atom is -0.287 e. The van der Waals surface area contributed by atoms with Crippen molar-refractivity contribution in [2.75, 3.05) is 12.3 Å². The van der Waals surface area contributed by atoms with Crippen molar-refractivity contribution in [1.82, 2.24) is 0 Å². The molecule has 0 unspecified atom stereocenters. The summed E-state index contributed by atoms with van der Waals surface area (Å²) in [7, 11) is 0. The molecule has 2 nitrogen and oxygen atoms in total. The quantitative estimate of drug-likeness (QED) is 0.483. The number of hydrogen-bond donors (Lipinski definition) is 0. The first-order valence-electron chi connectivity index (χ1n) is 6.62. The molecule has 1 rings (SSSR count). The van der Waals surface area contributed by atoms with E-state index in [1.54, 1.807) is 17.8 Å². The number of hydrogen-bond acceptors (Lipinski definition) is 3. The molecule has 0 saturated carbocycles. The van der Waals surface area contributed by atoms with Crippen LogP contribution in [0.4, 0.5) is 0 Å². The lowest BCUT2D eigenvalue weighted by Crippen LogP contribution is -2.05. The molecule has 0 N–H and O–H groups in total. The number of carbonyl (C=O) groups is 1. The average Bonchev–Trinajstić information content (AvgIpc) is 2.82. The number of carbonyl (C=O) groups excluding carboxylic acids is 1. The molecule has 0 radical (unpaired) electrons. The van der Waals surface area contributed by atoms with E-state index in [2.05, 4.69) is 18.8 Å². The van der Waals surface area contributed by atoms with Crippen LogP contribution in [0.15, 0.2) is 16.6 Å². The Morgan fingerprint density at radius 2 is 2.12 bits per heavy atom. The van der Waals surface area contributed by atoms with Crippen molar-refractivity contribution in [2.24, 2.45) is 4.99 Å². The predicted molar refractivity (Wildman–Crippen MR) is 76.9 cm³/mol. The molecule has 0 bridgehead atoms. The largest absolute Gasteiger partial charge is 0.287 e. The Morgan fingerprint density at radius 3 is 2.76 bits per heavy atom. The summed E-state index contributed by atoms with van der Waals surface area (Å²) in [5.74, 6) is 1.07. The van der Waals surface area contributed by atoms with Crippen molar-refractivity contribution < 1.29 is 4.79 Å². The lowest BCUT2D eigenvalue weighted by Gasteiger charge is -2.01. The van der Waals surface area contributed by atoms with Gasteiger partial charge in [-0.1, -0.05) is 38.2 Å². The highest BCUT2D eigenvalue weighted by Gasteiger charge is 2.13. The smallest absolute Gasteiger partial charge is 0.210 e. The predicted octanol–water partition coefficient (Wildman–Crippen LogP) is 4.01. The van der Waals surface area contributed by atoms with Crippen LogP contribution in [-0.4, -0.2) is 23.1 Å². The van der Waals surface area contributed by atoms with Gasteiger partial charge < -0.3 is 0 Å². The minimum atomic E-state index is 0.110. The molecule has 0 aromatic carbocycles. The number of nitrogens with zero attached hydrogens (tertiary/aromatic N) is 1. The van der Waals surface area contributed by atoms with Crippen LogP contribution in [0, 0.1) is 0 Å². The van der Waals surface area contributed by atoms with E-state index >= 15 is 0 Å². The van der Waals surface area contributed by atoms with E-state index in [-0.39, 0.29) is 5.78 Å². The molecule has 0 aliphatic carbocycles. The third-order valence-electron chi connectivity index (χ3n) is 2.85. The minimum absolute atomic E-state index is 0.110. The molecule has 0 saturated heterocycles. The van der Waals surface area contributed by atoms with Gasteiger partial charge in [0.2, 0.25) is 5.78 Å². The number of ketones is 1. The number of aliphatic imine (C=N–C) groups is 1. The molecule has 1 aliphatic rings. The van der Waals surface area contributed by atoms with Crippen LogP contribution in [0.25, 0.3) is 0 Å². The van der Waals surface area contributed by atoms with Gasteiger partial charge >= 0.3 is 0 Å². The Bertz CT molecular complexity index is 307. The fourth-order valence-corrected chi connectivity index (χ4v) is 2.61. The van der Waals surface area contributed by atoms with Crippen LogP contribution in [0.3, 0.4) is 0 Å². The number of allylic oxidation sites excluding steroid dienone is 2. The first-order chi connectivity index (χ1) is 8.24. The molecule has 0 amide bonds. The van der Waals surface area contributed by atoms with E-state index in [0.717, 1.165) is 18.7 Å². The zero-order valence-electron chi connectivity index (χ0n) is 11.0. The van der Waals surface area contributed by atoms with Crippen molar-refractivity contribution in [2.45, 2.75) is 52.4 Å². The molecule has 0 atom stereocenters. The zero-order chi connectivity index (χ0) is 12.5. The lowest BCUT2D eigenvalue weighted by molar-refractivity contribution is -0.108. The first kappa shape index (κ1) is 14.5. The van der Waals surface area contributed by atoms with Crippen LogP contribution in [0.1, 0.15) is 52.4 Å². The summed E-state index contributed by atoms with van der Waals surface area (Å²) in [5.41, 5.74) is 1.20. The van der Waals surface area contributed by atoms with Crippen LogP contribution >= 0.6 is 11.8 Å². The highest BCUT2D eigenvalue weighted by molar-refractivity contribution is 8.16. The van der Waals surface area contributed by atoms with Gasteiger partial charge in [0.25, 0.3) is 0 Å². The monoisotopic (exact) mass is 253 g/mol. The topological polar surface area (TPSA) is 29.4 Å². The fourth-order valence-electron chi connectivity index (χ4n) is 1.85. The second-order valence-electron chi connectivity index (χ2n) is 4.55. The SMILES string of the molecule is CCCCCCC/C(C)=C/C(=O)C1=NCCS1. The third-order valence-corrected chi connectivity index (χ3v) is 3.84. The van der Waals surface area contributed by atoms with Crippen LogP contribution in [0.5, 0.6) is 0 Å². The molecular formula is C14H23NOS. The number of thioether (sulfide) groups is 1. The average molecular weight is 253 g/mol. The number of unbranched alkanes of at least 4 members (excludes halogenated alkanes) is 4. The molecule has 0 fully saturated rings. The van der Waals surface area contributed by atoms with Gasteiger partial charge in [0, 0.05) is 12.3 Å². The van der Waals surface area contributed by atoms with Crippen molar-refractivity contribution in [1.29, 1.82) is 0 Å². The van der Waals surface area contributed by atoms with Gasteiger partial charge in [-0.05, 0) is 25.8 Å². The molecule has 3 heteroatoms. The Hall–Kier alpha value is -0.570. The van der Waals surface area contributed by atoms with Gasteiger partial charge in [0.15, 0.2) is 0 Å². The van der Waals surface area contributed by atoms with Gasteiger partial charge in [-0.15, -0.1) is 11.8 Å². The molecule has 1 heterocycles. The Kier molecular flexibility index (Phi) is 7.25. The molecule has 0 aromatic rings. The molecular weight excluding hydrogens is 230 g/mol. The summed E-state index contributed by atoms with van der Waals surface area (Å²) >= 11 is 1.58. The number of rotatable bonds is 8. The van der Waals surface area contributed by atoms with Crippen molar-refractivity contribution in [3.05, 3.63) is 11.6 Å². The van der Waals surface area contributed by atoms with Crippen molar-refractivity contribution in [3.8, 4) is 0 Å². The first-order valence-corrected chi connectivity index (χ1v) is 7.61. The summed E-state index contributed by atoms with van der Waals surface area (Å²) in [6, 6.07) is 0. The summed E-state index contributed by atoms with van der Waals surface area (Å²) in [5, 5.41) is 0.704. The molecule has 96 valence electrons.